The molecule has 1 aromatic carbocycles. The van der Waals surface area contributed by atoms with Crippen LogP contribution in [0.25, 0.3) is 0 Å². The van der Waals surface area contributed by atoms with E-state index in [2.05, 4.69) is 24.3 Å². The molecule has 7 nitrogen and oxygen atoms in total. The molecule has 0 radical (unpaired) electrons. The number of anilines is 1. The molecular weight excluding hydrogens is 328 g/mol. The molecule has 0 aliphatic rings. The van der Waals surface area contributed by atoms with E-state index in [1.165, 1.54) is 26.2 Å². The molecule has 0 aliphatic carbocycles. The summed E-state index contributed by atoms with van der Waals surface area (Å²) in [6.45, 7) is 4.80. The molecule has 0 saturated carbocycles. The number of hydrogen-bond acceptors (Lipinski definition) is 4. The van der Waals surface area contributed by atoms with E-state index in [-0.39, 0.29) is 16.4 Å². The minimum atomic E-state index is -3.58. The van der Waals surface area contributed by atoms with E-state index < -0.39 is 10.0 Å². The SMILES string of the molecule is CC(C)Cn1nccc1NC(=O)c1cccc(S(=O)(=O)N(C)C)c1. The normalized spacial score (nSPS) is 11.9. The number of sulfonamides is 1. The fourth-order valence-electron chi connectivity index (χ4n) is 2.13. The van der Waals surface area contributed by atoms with Gasteiger partial charge in [-0.25, -0.2) is 17.4 Å². The van der Waals surface area contributed by atoms with Crippen molar-refractivity contribution in [2.75, 3.05) is 19.4 Å². The number of carbonyl (C=O) groups is 1. The summed E-state index contributed by atoms with van der Waals surface area (Å²) >= 11 is 0. The van der Waals surface area contributed by atoms with E-state index in [1.807, 2.05) is 0 Å². The second kappa shape index (κ2) is 7.14. The van der Waals surface area contributed by atoms with Gasteiger partial charge in [0.05, 0.1) is 11.1 Å². The zero-order valence-corrected chi connectivity index (χ0v) is 15.0. The molecule has 1 aromatic heterocycles. The van der Waals surface area contributed by atoms with Gasteiger partial charge in [0.1, 0.15) is 5.82 Å². The molecule has 0 unspecified atom stereocenters. The van der Waals surface area contributed by atoms with Crippen LogP contribution in [0.4, 0.5) is 5.82 Å². The number of carbonyl (C=O) groups excluding carboxylic acids is 1. The lowest BCUT2D eigenvalue weighted by Gasteiger charge is -2.13. The van der Waals surface area contributed by atoms with Crippen LogP contribution >= 0.6 is 0 Å². The summed E-state index contributed by atoms with van der Waals surface area (Å²) in [6.07, 6.45) is 1.62. The first-order valence-corrected chi connectivity index (χ1v) is 9.01. The molecule has 1 amide bonds. The number of hydrogen-bond donors (Lipinski definition) is 1. The van der Waals surface area contributed by atoms with E-state index in [4.69, 9.17) is 0 Å². The van der Waals surface area contributed by atoms with Gasteiger partial charge in [0.15, 0.2) is 0 Å². The minimum Gasteiger partial charge on any atom is -0.307 e. The summed E-state index contributed by atoms with van der Waals surface area (Å²) in [7, 11) is -0.681. The Morgan fingerprint density at radius 1 is 1.29 bits per heavy atom. The quantitative estimate of drug-likeness (QED) is 0.864. The van der Waals surface area contributed by atoms with Crippen molar-refractivity contribution in [2.45, 2.75) is 25.3 Å². The number of nitrogens with one attached hydrogen (secondary N) is 1. The fraction of sp³-hybridized carbons (Fsp3) is 0.375. The highest BCUT2D eigenvalue weighted by molar-refractivity contribution is 7.89. The van der Waals surface area contributed by atoms with Gasteiger partial charge in [0.25, 0.3) is 5.91 Å². The summed E-state index contributed by atoms with van der Waals surface area (Å²) in [5.41, 5.74) is 0.273. The second-order valence-corrected chi connectivity index (χ2v) is 8.21. The van der Waals surface area contributed by atoms with Gasteiger partial charge in [-0.1, -0.05) is 19.9 Å². The lowest BCUT2D eigenvalue weighted by Crippen LogP contribution is -2.23. The molecule has 8 heteroatoms. The van der Waals surface area contributed by atoms with Crippen molar-refractivity contribution in [3.8, 4) is 0 Å². The number of rotatable bonds is 6. The van der Waals surface area contributed by atoms with E-state index >= 15 is 0 Å². The van der Waals surface area contributed by atoms with Crippen LogP contribution in [0, 0.1) is 5.92 Å². The van der Waals surface area contributed by atoms with Gasteiger partial charge >= 0.3 is 0 Å². The largest absolute Gasteiger partial charge is 0.307 e. The first-order chi connectivity index (χ1) is 11.2. The van der Waals surface area contributed by atoms with Crippen molar-refractivity contribution in [1.82, 2.24) is 14.1 Å². The minimum absolute atomic E-state index is 0.0795. The maximum absolute atomic E-state index is 12.4. The summed E-state index contributed by atoms with van der Waals surface area (Å²) in [4.78, 5) is 12.5. The molecule has 2 rings (SSSR count). The van der Waals surface area contributed by atoms with E-state index in [9.17, 15) is 13.2 Å². The van der Waals surface area contributed by atoms with Crippen molar-refractivity contribution in [3.63, 3.8) is 0 Å². The smallest absolute Gasteiger partial charge is 0.256 e. The average molecular weight is 350 g/mol. The lowest BCUT2D eigenvalue weighted by molar-refractivity contribution is 0.102. The molecule has 0 spiro atoms. The zero-order valence-electron chi connectivity index (χ0n) is 14.2. The van der Waals surface area contributed by atoms with Crippen LogP contribution in [0.3, 0.4) is 0 Å². The van der Waals surface area contributed by atoms with E-state index in [0.717, 1.165) is 4.31 Å². The maximum atomic E-state index is 12.4. The second-order valence-electron chi connectivity index (χ2n) is 6.06. The van der Waals surface area contributed by atoms with Crippen LogP contribution in [0.5, 0.6) is 0 Å². The maximum Gasteiger partial charge on any atom is 0.256 e. The molecule has 130 valence electrons. The summed E-state index contributed by atoms with van der Waals surface area (Å²) in [5.74, 6) is 0.583. The van der Waals surface area contributed by atoms with Crippen LogP contribution in [-0.2, 0) is 16.6 Å². The van der Waals surface area contributed by atoms with Gasteiger partial charge in [-0.3, -0.25) is 4.79 Å². The van der Waals surface area contributed by atoms with Gasteiger partial charge < -0.3 is 5.32 Å². The van der Waals surface area contributed by atoms with Crippen molar-refractivity contribution in [2.24, 2.45) is 5.92 Å². The van der Waals surface area contributed by atoms with Crippen molar-refractivity contribution < 1.29 is 13.2 Å². The van der Waals surface area contributed by atoms with Crippen molar-refractivity contribution in [3.05, 3.63) is 42.1 Å². The van der Waals surface area contributed by atoms with E-state index in [1.54, 1.807) is 29.1 Å². The highest BCUT2D eigenvalue weighted by Crippen LogP contribution is 2.16. The van der Waals surface area contributed by atoms with Crippen LogP contribution in [0.1, 0.15) is 24.2 Å². The summed E-state index contributed by atoms with van der Waals surface area (Å²) < 4.78 is 27.2. The van der Waals surface area contributed by atoms with Crippen molar-refractivity contribution >= 4 is 21.7 Å². The third-order valence-corrected chi connectivity index (χ3v) is 5.18. The average Bonchev–Trinajstić information content (AvgIpc) is 2.93. The third kappa shape index (κ3) is 4.01. The fourth-order valence-corrected chi connectivity index (χ4v) is 3.08. The van der Waals surface area contributed by atoms with Gasteiger partial charge in [-0.05, 0) is 24.1 Å². The molecular formula is C16H22N4O3S. The van der Waals surface area contributed by atoms with Crippen LogP contribution in [0.15, 0.2) is 41.4 Å². The van der Waals surface area contributed by atoms with Gasteiger partial charge in [0, 0.05) is 32.3 Å². The lowest BCUT2D eigenvalue weighted by atomic mass is 10.2. The summed E-state index contributed by atoms with van der Waals surface area (Å²) in [5, 5.41) is 6.96. The first-order valence-electron chi connectivity index (χ1n) is 7.57. The Hall–Kier alpha value is -2.19. The molecule has 0 aliphatic heterocycles. The topological polar surface area (TPSA) is 84.3 Å². The van der Waals surface area contributed by atoms with Gasteiger partial charge in [0.2, 0.25) is 10.0 Å². The Morgan fingerprint density at radius 3 is 2.62 bits per heavy atom. The predicted molar refractivity (Wildman–Crippen MR) is 92.3 cm³/mol. The Morgan fingerprint density at radius 2 is 2.00 bits per heavy atom. The standard InChI is InChI=1S/C16H22N4O3S/c1-12(2)11-20-15(8-9-17-20)18-16(21)13-6-5-7-14(10-13)24(22,23)19(3)4/h5-10,12H,11H2,1-4H3,(H,18,21). The first kappa shape index (κ1) is 18.2. The van der Waals surface area contributed by atoms with Crippen LogP contribution in [0.2, 0.25) is 0 Å². The molecule has 1 heterocycles. The highest BCUT2D eigenvalue weighted by atomic mass is 32.2. The molecule has 2 aromatic rings. The molecule has 0 fully saturated rings. The predicted octanol–water partition coefficient (Wildman–Crippen LogP) is 2.04. The monoisotopic (exact) mass is 350 g/mol. The van der Waals surface area contributed by atoms with Crippen molar-refractivity contribution in [1.29, 1.82) is 0 Å². The number of benzene rings is 1. The zero-order chi connectivity index (χ0) is 17.9. The molecule has 0 bridgehead atoms. The highest BCUT2D eigenvalue weighted by Gasteiger charge is 2.19. The third-order valence-electron chi connectivity index (χ3n) is 3.37. The Balaban J connectivity index is 2.24. The van der Waals surface area contributed by atoms with Crippen LogP contribution < -0.4 is 5.32 Å². The molecule has 1 N–H and O–H groups in total. The Labute approximate surface area is 142 Å². The Kier molecular flexibility index (Phi) is 5.40. The molecule has 0 atom stereocenters. The van der Waals surface area contributed by atoms with Gasteiger partial charge in [-0.15, -0.1) is 0 Å². The molecule has 24 heavy (non-hydrogen) atoms. The number of nitrogens with zero attached hydrogens (tertiary/aromatic N) is 3. The number of aromatic nitrogens is 2. The number of amides is 1. The van der Waals surface area contributed by atoms with Crippen LogP contribution in [-0.4, -0.2) is 42.5 Å². The van der Waals surface area contributed by atoms with E-state index in [0.29, 0.717) is 18.3 Å². The van der Waals surface area contributed by atoms with Gasteiger partial charge in [-0.2, -0.15) is 5.10 Å². The molecule has 0 saturated heterocycles. The summed E-state index contributed by atoms with van der Waals surface area (Å²) in [6, 6.07) is 7.67. The Bertz CT molecular complexity index is 825.